The third-order valence-electron chi connectivity index (χ3n) is 5.64. The van der Waals surface area contributed by atoms with Crippen LogP contribution in [0.15, 0.2) is 36.8 Å². The van der Waals surface area contributed by atoms with Gasteiger partial charge in [0.2, 0.25) is 0 Å². The molecule has 0 saturated heterocycles. The molecule has 0 bridgehead atoms. The molecule has 1 N–H and O–H groups in total. The van der Waals surface area contributed by atoms with Crippen molar-refractivity contribution >= 4 is 22.6 Å². The van der Waals surface area contributed by atoms with E-state index < -0.39 is 24.0 Å². The van der Waals surface area contributed by atoms with Crippen LogP contribution in [0.1, 0.15) is 28.9 Å². The summed E-state index contributed by atoms with van der Waals surface area (Å²) < 4.78 is 43.5. The fourth-order valence-electron chi connectivity index (χ4n) is 3.95. The van der Waals surface area contributed by atoms with Crippen LogP contribution in [0.5, 0.6) is 0 Å². The van der Waals surface area contributed by atoms with E-state index in [0.29, 0.717) is 24.2 Å². The van der Waals surface area contributed by atoms with Crippen LogP contribution in [0.2, 0.25) is 0 Å². The molecule has 1 saturated carbocycles. The number of benzene rings is 1. The minimum Gasteiger partial charge on any atom is -0.340 e. The first-order chi connectivity index (χ1) is 14.7. The summed E-state index contributed by atoms with van der Waals surface area (Å²) in [4.78, 5) is 21.7. The van der Waals surface area contributed by atoms with Gasteiger partial charge in [0.05, 0.1) is 29.3 Å². The number of para-hydroxylation sites is 1. The van der Waals surface area contributed by atoms with Gasteiger partial charge < -0.3 is 9.88 Å². The Bertz CT molecular complexity index is 1320. The number of fused-ring (bicyclic) bond motifs is 2. The number of aromatic nitrogens is 5. The zero-order chi connectivity index (χ0) is 21.9. The van der Waals surface area contributed by atoms with Crippen LogP contribution in [0.25, 0.3) is 27.9 Å². The van der Waals surface area contributed by atoms with Gasteiger partial charge in [-0.25, -0.2) is 14.5 Å². The van der Waals surface area contributed by atoms with E-state index in [0.717, 1.165) is 16.6 Å². The van der Waals surface area contributed by atoms with Crippen LogP contribution in [0.4, 0.5) is 13.2 Å². The molecule has 5 rings (SSSR count). The van der Waals surface area contributed by atoms with E-state index in [9.17, 15) is 18.0 Å². The zero-order valence-corrected chi connectivity index (χ0v) is 16.8. The van der Waals surface area contributed by atoms with Crippen LogP contribution in [-0.4, -0.2) is 42.3 Å². The number of alkyl halides is 3. The third-order valence-corrected chi connectivity index (χ3v) is 5.64. The Morgan fingerprint density at radius 2 is 2.06 bits per heavy atom. The fourth-order valence-corrected chi connectivity index (χ4v) is 3.95. The van der Waals surface area contributed by atoms with E-state index in [4.69, 9.17) is 0 Å². The molecule has 1 aromatic carbocycles. The zero-order valence-electron chi connectivity index (χ0n) is 16.8. The Kier molecular flexibility index (Phi) is 4.28. The molecule has 1 atom stereocenters. The SMILES string of the molecule is Cc1cc(-c2cccc3ncn(C)c23)nc2c(C(=O)NC(C3CC3)C(F)(F)F)cnn12. The van der Waals surface area contributed by atoms with Gasteiger partial charge in [-0.05, 0) is 37.8 Å². The summed E-state index contributed by atoms with van der Waals surface area (Å²) in [5.74, 6) is -1.40. The number of hydrogen-bond acceptors (Lipinski definition) is 4. The van der Waals surface area contributed by atoms with Gasteiger partial charge in [-0.15, -0.1) is 0 Å². The molecule has 1 aliphatic rings. The van der Waals surface area contributed by atoms with Gasteiger partial charge in [0.15, 0.2) is 5.65 Å². The van der Waals surface area contributed by atoms with Crippen LogP contribution in [0.3, 0.4) is 0 Å². The average molecular weight is 428 g/mol. The topological polar surface area (TPSA) is 77.1 Å². The number of halogens is 3. The first-order valence-corrected chi connectivity index (χ1v) is 9.87. The average Bonchev–Trinajstić information content (AvgIpc) is 3.34. The van der Waals surface area contributed by atoms with Gasteiger partial charge in [-0.3, -0.25) is 4.79 Å². The molecular formula is C21H19F3N6O. The van der Waals surface area contributed by atoms with E-state index in [-0.39, 0.29) is 11.2 Å². The molecule has 31 heavy (non-hydrogen) atoms. The monoisotopic (exact) mass is 428 g/mol. The van der Waals surface area contributed by atoms with Crippen molar-refractivity contribution in [3.05, 3.63) is 48.0 Å². The number of amides is 1. The van der Waals surface area contributed by atoms with Crippen LogP contribution in [0, 0.1) is 12.8 Å². The molecule has 3 aromatic heterocycles. The first-order valence-electron chi connectivity index (χ1n) is 9.87. The third kappa shape index (κ3) is 3.31. The summed E-state index contributed by atoms with van der Waals surface area (Å²) >= 11 is 0. The Hall–Kier alpha value is -3.43. The van der Waals surface area contributed by atoms with Gasteiger partial charge in [-0.1, -0.05) is 12.1 Å². The van der Waals surface area contributed by atoms with Gasteiger partial charge in [0.1, 0.15) is 11.6 Å². The maximum Gasteiger partial charge on any atom is 0.408 e. The van der Waals surface area contributed by atoms with Gasteiger partial charge in [0.25, 0.3) is 5.91 Å². The maximum absolute atomic E-state index is 13.4. The Balaban J connectivity index is 1.59. The molecule has 1 aliphatic carbocycles. The lowest BCUT2D eigenvalue weighted by Gasteiger charge is -2.20. The predicted molar refractivity (Wildman–Crippen MR) is 107 cm³/mol. The predicted octanol–water partition coefficient (Wildman–Crippen LogP) is 3.66. The summed E-state index contributed by atoms with van der Waals surface area (Å²) in [5, 5.41) is 6.32. The summed E-state index contributed by atoms with van der Waals surface area (Å²) in [6.45, 7) is 1.80. The number of rotatable bonds is 4. The van der Waals surface area contributed by atoms with Crippen LogP contribution >= 0.6 is 0 Å². The highest BCUT2D eigenvalue weighted by Crippen LogP contribution is 2.40. The Labute approximate surface area is 174 Å². The second kappa shape index (κ2) is 6.79. The summed E-state index contributed by atoms with van der Waals surface area (Å²) in [5.41, 5.74) is 3.98. The van der Waals surface area contributed by atoms with Crippen molar-refractivity contribution < 1.29 is 18.0 Å². The molecule has 10 heteroatoms. The molecular weight excluding hydrogens is 409 g/mol. The molecule has 3 heterocycles. The molecule has 1 amide bonds. The number of carbonyl (C=O) groups excluding carboxylic acids is 1. The summed E-state index contributed by atoms with van der Waals surface area (Å²) in [6.07, 6.45) is -0.625. The van der Waals surface area contributed by atoms with Gasteiger partial charge in [-0.2, -0.15) is 18.3 Å². The number of imidazole rings is 1. The molecule has 0 aliphatic heterocycles. The van der Waals surface area contributed by atoms with Crippen LogP contribution in [-0.2, 0) is 7.05 Å². The molecule has 7 nitrogen and oxygen atoms in total. The van der Waals surface area contributed by atoms with Crippen molar-refractivity contribution in [1.82, 2.24) is 29.5 Å². The largest absolute Gasteiger partial charge is 0.408 e. The smallest absolute Gasteiger partial charge is 0.340 e. The second-order valence-corrected chi connectivity index (χ2v) is 7.94. The number of aryl methyl sites for hydroxylation is 2. The lowest BCUT2D eigenvalue weighted by molar-refractivity contribution is -0.158. The number of hydrogen-bond donors (Lipinski definition) is 1. The van der Waals surface area contributed by atoms with Crippen molar-refractivity contribution in [2.24, 2.45) is 13.0 Å². The van der Waals surface area contributed by atoms with Crippen LogP contribution < -0.4 is 5.32 Å². The van der Waals surface area contributed by atoms with Crippen molar-refractivity contribution in [3.8, 4) is 11.3 Å². The Morgan fingerprint density at radius 3 is 2.77 bits per heavy atom. The standard InChI is InChI=1S/C21H19F3N6O/c1-11-8-16(13-4-3-5-15-17(13)29(2)10-25-15)27-19-14(9-26-30(11)19)20(31)28-18(12-6-7-12)21(22,23)24/h3-5,8-10,12,18H,6-7H2,1-2H3,(H,28,31). The number of nitrogens with zero attached hydrogens (tertiary/aromatic N) is 5. The second-order valence-electron chi connectivity index (χ2n) is 7.94. The van der Waals surface area contributed by atoms with Crippen molar-refractivity contribution in [3.63, 3.8) is 0 Å². The van der Waals surface area contributed by atoms with E-state index in [2.05, 4.69) is 20.4 Å². The highest BCUT2D eigenvalue weighted by molar-refractivity contribution is 6.00. The minimum absolute atomic E-state index is 0.0111. The molecule has 0 radical (unpaired) electrons. The minimum atomic E-state index is -4.50. The van der Waals surface area contributed by atoms with Crippen molar-refractivity contribution in [2.45, 2.75) is 32.0 Å². The highest BCUT2D eigenvalue weighted by Gasteiger charge is 2.49. The molecule has 160 valence electrons. The highest BCUT2D eigenvalue weighted by atomic mass is 19.4. The lowest BCUT2D eigenvalue weighted by Crippen LogP contribution is -2.46. The normalized spacial score (nSPS) is 15.5. The number of carbonyl (C=O) groups is 1. The number of nitrogens with one attached hydrogen (secondary N) is 1. The summed E-state index contributed by atoms with van der Waals surface area (Å²) in [7, 11) is 1.87. The van der Waals surface area contributed by atoms with E-state index in [1.54, 1.807) is 13.3 Å². The first kappa shape index (κ1) is 19.5. The van der Waals surface area contributed by atoms with Gasteiger partial charge >= 0.3 is 6.18 Å². The lowest BCUT2D eigenvalue weighted by atomic mass is 10.1. The quantitative estimate of drug-likeness (QED) is 0.538. The maximum atomic E-state index is 13.4. The Morgan fingerprint density at radius 1 is 1.29 bits per heavy atom. The molecule has 1 unspecified atom stereocenters. The summed E-state index contributed by atoms with van der Waals surface area (Å²) in [6, 6.07) is 5.61. The van der Waals surface area contributed by atoms with Gasteiger partial charge in [0, 0.05) is 18.3 Å². The molecule has 4 aromatic rings. The fraction of sp³-hybridized carbons (Fsp3) is 0.333. The van der Waals surface area contributed by atoms with E-state index >= 15 is 0 Å². The molecule has 0 spiro atoms. The van der Waals surface area contributed by atoms with Crippen molar-refractivity contribution in [2.75, 3.05) is 0 Å². The van der Waals surface area contributed by atoms with E-state index in [1.165, 1.54) is 10.7 Å². The van der Waals surface area contributed by atoms with Crippen molar-refractivity contribution in [1.29, 1.82) is 0 Å². The van der Waals surface area contributed by atoms with E-state index in [1.807, 2.05) is 35.9 Å². The molecule has 1 fully saturated rings.